The minimum atomic E-state index is 0.528. The predicted molar refractivity (Wildman–Crippen MR) is 229 cm³/mol. The van der Waals surface area contributed by atoms with E-state index in [1.807, 2.05) is 66.9 Å². The fourth-order valence-electron chi connectivity index (χ4n) is 8.32. The standard InChI is InChI=1S/C50H34N6/c1-4-15-33(16-5-1)48-52-49(34-17-6-2-7-18-34)54-50(53-48)42-31-35(29-30-51-42)38-23-14-26-45-47(38)41-22-11-13-25-44(41)56(45)37-27-28-40-39-21-10-12-24-43(39)55(46(40)32-37)36-19-8-3-9-20-36/h1-2,4-8,10-32H,3,9H2. The smallest absolute Gasteiger partial charge is 0.182 e. The van der Waals surface area contributed by atoms with E-state index in [4.69, 9.17) is 19.9 Å². The van der Waals surface area contributed by atoms with Crippen LogP contribution in [-0.2, 0) is 0 Å². The first-order valence-corrected chi connectivity index (χ1v) is 19.0. The zero-order chi connectivity index (χ0) is 37.0. The Labute approximate surface area is 323 Å². The summed E-state index contributed by atoms with van der Waals surface area (Å²) < 4.78 is 4.84. The van der Waals surface area contributed by atoms with Gasteiger partial charge in [-0.25, -0.2) is 15.0 Å². The van der Waals surface area contributed by atoms with E-state index in [1.165, 1.54) is 38.3 Å². The summed E-state index contributed by atoms with van der Waals surface area (Å²) in [5.74, 6) is 1.75. The minimum absolute atomic E-state index is 0.528. The third-order valence-electron chi connectivity index (χ3n) is 10.8. The molecule has 6 heteroatoms. The first-order valence-electron chi connectivity index (χ1n) is 19.0. The fraction of sp³-hybridized carbons (Fsp3) is 0.0400. The number of fused-ring (bicyclic) bond motifs is 6. The number of rotatable bonds is 6. The number of para-hydroxylation sites is 2. The van der Waals surface area contributed by atoms with Crippen molar-refractivity contribution in [2.75, 3.05) is 0 Å². The second kappa shape index (κ2) is 13.1. The van der Waals surface area contributed by atoms with E-state index in [-0.39, 0.29) is 0 Å². The molecular formula is C50H34N6. The summed E-state index contributed by atoms with van der Waals surface area (Å²) >= 11 is 0. The van der Waals surface area contributed by atoms with E-state index in [9.17, 15) is 0 Å². The largest absolute Gasteiger partial charge is 0.310 e. The number of benzene rings is 6. The Balaban J connectivity index is 1.09. The first-order chi connectivity index (χ1) is 27.8. The summed E-state index contributed by atoms with van der Waals surface area (Å²) in [4.78, 5) is 19.7. The third kappa shape index (κ3) is 5.26. The lowest BCUT2D eigenvalue weighted by Gasteiger charge is -2.14. The highest BCUT2D eigenvalue weighted by atomic mass is 15.0. The van der Waals surface area contributed by atoms with Gasteiger partial charge in [0.25, 0.3) is 0 Å². The average Bonchev–Trinajstić information content (AvgIpc) is 3.80. The quantitative estimate of drug-likeness (QED) is 0.172. The molecular weight excluding hydrogens is 685 g/mol. The van der Waals surface area contributed by atoms with Gasteiger partial charge in [-0.1, -0.05) is 127 Å². The zero-order valence-corrected chi connectivity index (χ0v) is 30.4. The summed E-state index contributed by atoms with van der Waals surface area (Å²) in [6.45, 7) is 0. The number of nitrogens with zero attached hydrogens (tertiary/aromatic N) is 6. The van der Waals surface area contributed by atoms with Gasteiger partial charge in [-0.05, 0) is 72.5 Å². The van der Waals surface area contributed by atoms with Crippen molar-refractivity contribution in [3.05, 3.63) is 182 Å². The van der Waals surface area contributed by atoms with Crippen LogP contribution >= 0.6 is 0 Å². The lowest BCUT2D eigenvalue weighted by molar-refractivity contribution is 1.02. The van der Waals surface area contributed by atoms with Crippen molar-refractivity contribution >= 4 is 49.3 Å². The van der Waals surface area contributed by atoms with Gasteiger partial charge in [0.1, 0.15) is 5.69 Å². The molecule has 4 aromatic heterocycles. The van der Waals surface area contributed by atoms with Crippen LogP contribution in [0.2, 0.25) is 0 Å². The number of pyridine rings is 1. The molecule has 0 fully saturated rings. The Morgan fingerprint density at radius 1 is 0.446 bits per heavy atom. The molecule has 1 aliphatic carbocycles. The highest BCUT2D eigenvalue weighted by Gasteiger charge is 2.20. The van der Waals surface area contributed by atoms with Gasteiger partial charge in [0, 0.05) is 50.3 Å². The molecule has 6 aromatic carbocycles. The average molecular weight is 719 g/mol. The van der Waals surface area contributed by atoms with Gasteiger partial charge in [-0.15, -0.1) is 0 Å². The normalized spacial score (nSPS) is 12.9. The molecule has 0 atom stereocenters. The molecule has 0 saturated carbocycles. The Morgan fingerprint density at radius 3 is 1.82 bits per heavy atom. The number of aromatic nitrogens is 6. The molecule has 10 aromatic rings. The maximum Gasteiger partial charge on any atom is 0.182 e. The summed E-state index contributed by atoms with van der Waals surface area (Å²) in [7, 11) is 0. The van der Waals surface area contributed by atoms with Crippen LogP contribution in [-0.4, -0.2) is 29.1 Å². The predicted octanol–water partition coefficient (Wildman–Crippen LogP) is 12.3. The number of hydrogen-bond acceptors (Lipinski definition) is 4. The highest BCUT2D eigenvalue weighted by molar-refractivity contribution is 6.16. The van der Waals surface area contributed by atoms with Crippen LogP contribution in [0.25, 0.3) is 100 Å². The SMILES string of the molecule is C1=CC(n2c3ccccc3c3ccc(-n4c5ccccc5c5c(-c6ccnc(-c7nc(-c8ccccc8)nc(-c8ccccc8)n7)c6)cccc54)cc32)=CCC1. The lowest BCUT2D eigenvalue weighted by atomic mass is 9.99. The van der Waals surface area contributed by atoms with E-state index in [1.54, 1.807) is 0 Å². The van der Waals surface area contributed by atoms with Crippen molar-refractivity contribution in [3.8, 4) is 51.1 Å². The molecule has 0 amide bonds. The van der Waals surface area contributed by atoms with Crippen molar-refractivity contribution in [3.63, 3.8) is 0 Å². The second-order valence-corrected chi connectivity index (χ2v) is 14.2. The van der Waals surface area contributed by atoms with Crippen molar-refractivity contribution in [1.29, 1.82) is 0 Å². The maximum absolute atomic E-state index is 4.97. The van der Waals surface area contributed by atoms with Gasteiger partial charge in [-0.2, -0.15) is 0 Å². The van der Waals surface area contributed by atoms with Crippen LogP contribution in [0.5, 0.6) is 0 Å². The monoisotopic (exact) mass is 718 g/mol. The molecule has 1 aliphatic rings. The molecule has 0 unspecified atom stereocenters. The molecule has 0 bridgehead atoms. The fourth-order valence-corrected chi connectivity index (χ4v) is 8.32. The van der Waals surface area contributed by atoms with Gasteiger partial charge in [0.05, 0.1) is 22.1 Å². The topological polar surface area (TPSA) is 61.4 Å². The van der Waals surface area contributed by atoms with E-state index < -0.39 is 0 Å². The lowest BCUT2D eigenvalue weighted by Crippen LogP contribution is -2.01. The Hall–Kier alpha value is -7.44. The zero-order valence-electron chi connectivity index (χ0n) is 30.4. The molecule has 11 rings (SSSR count). The van der Waals surface area contributed by atoms with E-state index in [2.05, 4.69) is 124 Å². The molecule has 6 nitrogen and oxygen atoms in total. The van der Waals surface area contributed by atoms with E-state index >= 15 is 0 Å². The summed E-state index contributed by atoms with van der Waals surface area (Å²) in [6.07, 6.45) is 10.9. The van der Waals surface area contributed by atoms with Crippen LogP contribution in [0.3, 0.4) is 0 Å². The van der Waals surface area contributed by atoms with E-state index in [0.29, 0.717) is 23.2 Å². The van der Waals surface area contributed by atoms with Gasteiger partial charge in [0.15, 0.2) is 17.5 Å². The summed E-state index contributed by atoms with van der Waals surface area (Å²) in [5, 5.41) is 4.88. The Morgan fingerprint density at radius 2 is 1.09 bits per heavy atom. The summed E-state index contributed by atoms with van der Waals surface area (Å²) in [5.41, 5.74) is 11.7. The van der Waals surface area contributed by atoms with Gasteiger partial charge in [-0.3, -0.25) is 4.98 Å². The van der Waals surface area contributed by atoms with Gasteiger partial charge in [0.2, 0.25) is 0 Å². The Kier molecular flexibility index (Phi) is 7.52. The van der Waals surface area contributed by atoms with E-state index in [0.717, 1.165) is 51.8 Å². The van der Waals surface area contributed by atoms with Gasteiger partial charge < -0.3 is 9.13 Å². The van der Waals surface area contributed by atoms with Crippen molar-refractivity contribution in [2.24, 2.45) is 0 Å². The first kappa shape index (κ1) is 32.0. The molecule has 0 spiro atoms. The minimum Gasteiger partial charge on any atom is -0.310 e. The van der Waals surface area contributed by atoms with Crippen LogP contribution in [0.15, 0.2) is 182 Å². The number of hydrogen-bond donors (Lipinski definition) is 0. The molecule has 0 radical (unpaired) electrons. The molecule has 56 heavy (non-hydrogen) atoms. The maximum atomic E-state index is 4.97. The van der Waals surface area contributed by atoms with Crippen molar-refractivity contribution in [1.82, 2.24) is 29.1 Å². The second-order valence-electron chi connectivity index (χ2n) is 14.2. The molecule has 0 N–H and O–H groups in total. The third-order valence-corrected chi connectivity index (χ3v) is 10.8. The van der Waals surface area contributed by atoms with Crippen LogP contribution in [0, 0.1) is 0 Å². The Bertz CT molecular complexity index is 3130. The molecule has 0 aliphatic heterocycles. The van der Waals surface area contributed by atoms with Gasteiger partial charge >= 0.3 is 0 Å². The molecule has 0 saturated heterocycles. The number of allylic oxidation sites excluding steroid dienone is 4. The van der Waals surface area contributed by atoms with Crippen LogP contribution < -0.4 is 0 Å². The van der Waals surface area contributed by atoms with Crippen LogP contribution in [0.1, 0.15) is 12.8 Å². The van der Waals surface area contributed by atoms with Crippen molar-refractivity contribution < 1.29 is 0 Å². The molecule has 4 heterocycles. The van der Waals surface area contributed by atoms with Crippen molar-refractivity contribution in [2.45, 2.75) is 12.8 Å². The molecule has 264 valence electrons. The van der Waals surface area contributed by atoms with Crippen LogP contribution in [0.4, 0.5) is 0 Å². The summed E-state index contributed by atoms with van der Waals surface area (Å²) in [6, 6.07) is 55.2. The highest BCUT2D eigenvalue weighted by Crippen LogP contribution is 2.41.